The molecule has 0 unspecified atom stereocenters. The van der Waals surface area contributed by atoms with E-state index in [-0.39, 0.29) is 17.2 Å². The Morgan fingerprint density at radius 3 is 2.85 bits per heavy atom. The lowest BCUT2D eigenvalue weighted by Gasteiger charge is -1.99. The lowest BCUT2D eigenvalue weighted by molar-refractivity contribution is 0.609. The number of hydrogen-bond donors (Lipinski definition) is 2. The number of aryl methyl sites for hydroxylation is 1. The SMILES string of the molecule is Cc1nc(C(=N)/C=C\N)ccc1F. The molecule has 13 heavy (non-hydrogen) atoms. The molecule has 1 aromatic rings. The van der Waals surface area contributed by atoms with E-state index in [2.05, 4.69) is 4.98 Å². The van der Waals surface area contributed by atoms with Gasteiger partial charge in [0, 0.05) is 0 Å². The molecule has 0 amide bonds. The molecule has 0 bridgehead atoms. The van der Waals surface area contributed by atoms with Crippen molar-refractivity contribution < 1.29 is 4.39 Å². The molecule has 0 aliphatic heterocycles. The summed E-state index contributed by atoms with van der Waals surface area (Å²) in [4.78, 5) is 3.88. The number of allylic oxidation sites excluding steroid dienone is 1. The number of pyridine rings is 1. The summed E-state index contributed by atoms with van der Waals surface area (Å²) in [5.74, 6) is -0.367. The fourth-order valence-corrected chi connectivity index (χ4v) is 0.876. The Kier molecular flexibility index (Phi) is 2.74. The molecular weight excluding hydrogens is 169 g/mol. The highest BCUT2D eigenvalue weighted by Gasteiger charge is 2.02. The third kappa shape index (κ3) is 2.11. The van der Waals surface area contributed by atoms with Gasteiger partial charge in [-0.2, -0.15) is 0 Å². The first kappa shape index (κ1) is 9.38. The van der Waals surface area contributed by atoms with E-state index in [9.17, 15) is 4.39 Å². The summed E-state index contributed by atoms with van der Waals surface area (Å²) >= 11 is 0. The summed E-state index contributed by atoms with van der Waals surface area (Å²) in [6, 6.07) is 2.74. The standard InChI is InChI=1S/C9H10FN3/c1-6-7(10)2-3-9(13-6)8(12)4-5-11/h2-5,12H,11H2,1H3/b5-4-,12-8?. The Labute approximate surface area is 75.6 Å². The number of aromatic nitrogens is 1. The van der Waals surface area contributed by atoms with Gasteiger partial charge in [-0.3, -0.25) is 5.41 Å². The van der Waals surface area contributed by atoms with Crippen LogP contribution in [-0.2, 0) is 0 Å². The number of rotatable bonds is 2. The van der Waals surface area contributed by atoms with Gasteiger partial charge in [-0.05, 0) is 31.3 Å². The molecule has 0 aliphatic rings. The van der Waals surface area contributed by atoms with Crippen LogP contribution in [0.4, 0.5) is 4.39 Å². The Morgan fingerprint density at radius 2 is 2.31 bits per heavy atom. The molecule has 0 radical (unpaired) electrons. The van der Waals surface area contributed by atoms with Gasteiger partial charge in [0.25, 0.3) is 0 Å². The molecule has 0 saturated carbocycles. The summed E-state index contributed by atoms with van der Waals surface area (Å²) in [6.07, 6.45) is 2.66. The second kappa shape index (κ2) is 3.80. The highest BCUT2D eigenvalue weighted by Crippen LogP contribution is 2.05. The Bertz CT molecular complexity index is 358. The number of nitrogens with one attached hydrogen (secondary N) is 1. The number of halogens is 1. The van der Waals surface area contributed by atoms with Gasteiger partial charge in [-0.15, -0.1) is 0 Å². The van der Waals surface area contributed by atoms with Crippen LogP contribution in [0.3, 0.4) is 0 Å². The molecule has 1 heterocycles. The third-order valence-electron chi connectivity index (χ3n) is 1.56. The highest BCUT2D eigenvalue weighted by molar-refractivity contribution is 6.04. The van der Waals surface area contributed by atoms with Crippen LogP contribution in [0.2, 0.25) is 0 Å². The van der Waals surface area contributed by atoms with E-state index in [1.165, 1.54) is 24.4 Å². The fourth-order valence-electron chi connectivity index (χ4n) is 0.876. The smallest absolute Gasteiger partial charge is 0.144 e. The molecule has 0 saturated heterocycles. The van der Waals surface area contributed by atoms with Gasteiger partial charge in [0.15, 0.2) is 0 Å². The zero-order chi connectivity index (χ0) is 9.84. The van der Waals surface area contributed by atoms with E-state index in [4.69, 9.17) is 11.1 Å². The maximum atomic E-state index is 12.8. The lowest BCUT2D eigenvalue weighted by atomic mass is 10.2. The quantitative estimate of drug-likeness (QED) is 0.673. The first-order valence-corrected chi connectivity index (χ1v) is 3.75. The van der Waals surface area contributed by atoms with E-state index < -0.39 is 0 Å². The number of hydrogen-bond acceptors (Lipinski definition) is 3. The van der Waals surface area contributed by atoms with Crippen molar-refractivity contribution in [3.63, 3.8) is 0 Å². The van der Waals surface area contributed by atoms with Gasteiger partial charge < -0.3 is 5.73 Å². The Morgan fingerprint density at radius 1 is 1.62 bits per heavy atom. The monoisotopic (exact) mass is 179 g/mol. The molecule has 0 spiro atoms. The third-order valence-corrected chi connectivity index (χ3v) is 1.56. The fraction of sp³-hybridized carbons (Fsp3) is 0.111. The van der Waals surface area contributed by atoms with Gasteiger partial charge in [-0.25, -0.2) is 9.37 Å². The van der Waals surface area contributed by atoms with Crippen LogP contribution < -0.4 is 5.73 Å². The number of nitrogens with two attached hydrogens (primary N) is 1. The van der Waals surface area contributed by atoms with Crippen molar-refractivity contribution in [2.24, 2.45) is 5.73 Å². The maximum absolute atomic E-state index is 12.8. The Balaban J connectivity index is 3.04. The lowest BCUT2D eigenvalue weighted by Crippen LogP contribution is -2.02. The maximum Gasteiger partial charge on any atom is 0.144 e. The van der Waals surface area contributed by atoms with Gasteiger partial charge >= 0.3 is 0 Å². The molecule has 3 nitrogen and oxygen atoms in total. The second-order valence-corrected chi connectivity index (χ2v) is 2.54. The van der Waals surface area contributed by atoms with Crippen LogP contribution in [-0.4, -0.2) is 10.7 Å². The van der Waals surface area contributed by atoms with Crippen LogP contribution in [0.15, 0.2) is 24.4 Å². The average Bonchev–Trinajstić information content (AvgIpc) is 2.10. The van der Waals surface area contributed by atoms with E-state index in [1.807, 2.05) is 0 Å². The van der Waals surface area contributed by atoms with Crippen molar-refractivity contribution in [1.82, 2.24) is 4.98 Å². The molecule has 4 heteroatoms. The van der Waals surface area contributed by atoms with Crippen LogP contribution >= 0.6 is 0 Å². The van der Waals surface area contributed by atoms with Crippen molar-refractivity contribution >= 4 is 5.71 Å². The van der Waals surface area contributed by atoms with E-state index in [0.717, 1.165) is 0 Å². The molecule has 1 rings (SSSR count). The average molecular weight is 179 g/mol. The van der Waals surface area contributed by atoms with Crippen molar-refractivity contribution in [3.8, 4) is 0 Å². The van der Waals surface area contributed by atoms with Gasteiger partial charge in [-0.1, -0.05) is 0 Å². The predicted octanol–water partition coefficient (Wildman–Crippen LogP) is 1.37. The van der Waals surface area contributed by atoms with Crippen molar-refractivity contribution in [3.05, 3.63) is 41.6 Å². The normalized spacial score (nSPS) is 10.6. The second-order valence-electron chi connectivity index (χ2n) is 2.54. The first-order chi connectivity index (χ1) is 6.15. The van der Waals surface area contributed by atoms with Crippen LogP contribution in [0, 0.1) is 18.2 Å². The van der Waals surface area contributed by atoms with Crippen LogP contribution in [0.1, 0.15) is 11.4 Å². The van der Waals surface area contributed by atoms with Gasteiger partial charge in [0.1, 0.15) is 5.82 Å². The molecule has 3 N–H and O–H groups in total. The molecule has 0 aromatic carbocycles. The predicted molar refractivity (Wildman–Crippen MR) is 49.1 cm³/mol. The first-order valence-electron chi connectivity index (χ1n) is 3.75. The van der Waals surface area contributed by atoms with Crippen molar-refractivity contribution in [2.75, 3.05) is 0 Å². The molecule has 0 aliphatic carbocycles. The van der Waals surface area contributed by atoms with E-state index in [0.29, 0.717) is 5.69 Å². The van der Waals surface area contributed by atoms with Crippen LogP contribution in [0.25, 0.3) is 0 Å². The molecule has 0 atom stereocenters. The molecule has 68 valence electrons. The zero-order valence-electron chi connectivity index (χ0n) is 7.21. The number of nitrogens with zero attached hydrogens (tertiary/aromatic N) is 1. The van der Waals surface area contributed by atoms with Crippen molar-refractivity contribution in [2.45, 2.75) is 6.92 Å². The zero-order valence-corrected chi connectivity index (χ0v) is 7.21. The minimum Gasteiger partial charge on any atom is -0.405 e. The van der Waals surface area contributed by atoms with Crippen molar-refractivity contribution in [1.29, 1.82) is 5.41 Å². The minimum atomic E-state index is -0.367. The summed E-state index contributed by atoms with van der Waals surface area (Å²) in [7, 11) is 0. The highest BCUT2D eigenvalue weighted by atomic mass is 19.1. The van der Waals surface area contributed by atoms with E-state index >= 15 is 0 Å². The summed E-state index contributed by atoms with van der Waals surface area (Å²) < 4.78 is 12.8. The molecule has 1 aromatic heterocycles. The van der Waals surface area contributed by atoms with E-state index in [1.54, 1.807) is 6.92 Å². The summed E-state index contributed by atoms with van der Waals surface area (Å²) in [6.45, 7) is 1.55. The topological polar surface area (TPSA) is 62.8 Å². The van der Waals surface area contributed by atoms with Gasteiger partial charge in [0.2, 0.25) is 0 Å². The molecular formula is C9H10FN3. The van der Waals surface area contributed by atoms with Crippen LogP contribution in [0.5, 0.6) is 0 Å². The van der Waals surface area contributed by atoms with Gasteiger partial charge in [0.05, 0.1) is 17.1 Å². The molecule has 0 fully saturated rings. The Hall–Kier alpha value is -1.71. The minimum absolute atomic E-state index is 0.172. The summed E-state index contributed by atoms with van der Waals surface area (Å²) in [5, 5.41) is 7.45. The summed E-state index contributed by atoms with van der Waals surface area (Å²) in [5.41, 5.74) is 5.99. The largest absolute Gasteiger partial charge is 0.405 e.